The first-order chi connectivity index (χ1) is 14.1. The van der Waals surface area contributed by atoms with Crippen LogP contribution in [-0.2, 0) is 24.2 Å². The van der Waals surface area contributed by atoms with Crippen molar-refractivity contribution in [1.29, 1.82) is 0 Å². The summed E-state index contributed by atoms with van der Waals surface area (Å²) in [4.78, 5) is 24.6. The van der Waals surface area contributed by atoms with Crippen LogP contribution in [0.25, 0.3) is 21.7 Å². The lowest BCUT2D eigenvalue weighted by Gasteiger charge is -2.10. The van der Waals surface area contributed by atoms with Crippen LogP contribution in [0.4, 0.5) is 0 Å². The quantitative estimate of drug-likeness (QED) is 0.414. The standard InChI is InChI=1S/C24H18O5/c25-22-12-17(20-10-15-5-3-6-16(15)11-21(20)29-22)13-28-24(27)19-9-8-14-4-1-2-7-18(14)23(19)26/h1-2,4,7-12,26H,3,5-6,13H2. The summed E-state index contributed by atoms with van der Waals surface area (Å²) in [5, 5.41) is 12.7. The third kappa shape index (κ3) is 3.05. The van der Waals surface area contributed by atoms with Crippen molar-refractivity contribution in [2.24, 2.45) is 0 Å². The second-order valence-electron chi connectivity index (χ2n) is 7.32. The van der Waals surface area contributed by atoms with Gasteiger partial charge in [-0.1, -0.05) is 30.3 Å². The minimum Gasteiger partial charge on any atom is -0.506 e. The van der Waals surface area contributed by atoms with E-state index in [0.717, 1.165) is 30.0 Å². The van der Waals surface area contributed by atoms with Gasteiger partial charge in [0.15, 0.2) is 0 Å². The molecule has 0 saturated carbocycles. The molecule has 5 nitrogen and oxygen atoms in total. The van der Waals surface area contributed by atoms with Crippen molar-refractivity contribution in [2.75, 3.05) is 0 Å². The van der Waals surface area contributed by atoms with Gasteiger partial charge >= 0.3 is 11.6 Å². The number of hydrogen-bond acceptors (Lipinski definition) is 5. The van der Waals surface area contributed by atoms with Gasteiger partial charge in [0.05, 0.1) is 0 Å². The Morgan fingerprint density at radius 2 is 1.79 bits per heavy atom. The number of fused-ring (bicyclic) bond motifs is 3. The molecule has 1 aliphatic rings. The molecule has 1 N–H and O–H groups in total. The van der Waals surface area contributed by atoms with Crippen LogP contribution in [0.2, 0.25) is 0 Å². The molecule has 0 aliphatic heterocycles. The number of aromatic hydroxyl groups is 1. The second-order valence-corrected chi connectivity index (χ2v) is 7.32. The molecule has 1 aliphatic carbocycles. The molecule has 0 unspecified atom stereocenters. The number of hydrogen-bond donors (Lipinski definition) is 1. The summed E-state index contributed by atoms with van der Waals surface area (Å²) >= 11 is 0. The first kappa shape index (κ1) is 17.5. The van der Waals surface area contributed by atoms with E-state index in [1.165, 1.54) is 17.2 Å². The molecule has 0 amide bonds. The summed E-state index contributed by atoms with van der Waals surface area (Å²) in [5.74, 6) is -0.751. The van der Waals surface area contributed by atoms with Gasteiger partial charge in [-0.25, -0.2) is 9.59 Å². The zero-order valence-corrected chi connectivity index (χ0v) is 15.6. The predicted molar refractivity (Wildman–Crippen MR) is 109 cm³/mol. The largest absolute Gasteiger partial charge is 0.506 e. The Bertz CT molecular complexity index is 1330. The first-order valence-corrected chi connectivity index (χ1v) is 9.56. The lowest BCUT2D eigenvalue weighted by molar-refractivity contribution is 0.0471. The minimum atomic E-state index is -0.643. The van der Waals surface area contributed by atoms with Gasteiger partial charge in [-0.3, -0.25) is 0 Å². The van der Waals surface area contributed by atoms with Crippen LogP contribution in [0, 0.1) is 0 Å². The number of phenolic OH excluding ortho intramolecular Hbond substituents is 1. The highest BCUT2D eigenvalue weighted by Crippen LogP contribution is 2.31. The monoisotopic (exact) mass is 386 g/mol. The molecule has 0 bridgehead atoms. The molecule has 4 aromatic rings. The number of ether oxygens (including phenoxy) is 1. The molecule has 3 aromatic carbocycles. The average Bonchev–Trinajstić information content (AvgIpc) is 3.18. The van der Waals surface area contributed by atoms with Gasteiger partial charge in [0.2, 0.25) is 0 Å². The van der Waals surface area contributed by atoms with E-state index in [-0.39, 0.29) is 17.9 Å². The van der Waals surface area contributed by atoms with E-state index in [9.17, 15) is 14.7 Å². The average molecular weight is 386 g/mol. The Balaban J connectivity index is 1.47. The van der Waals surface area contributed by atoms with Crippen molar-refractivity contribution in [3.8, 4) is 5.75 Å². The van der Waals surface area contributed by atoms with E-state index in [0.29, 0.717) is 16.5 Å². The van der Waals surface area contributed by atoms with Crippen molar-refractivity contribution >= 4 is 27.7 Å². The Hall–Kier alpha value is -3.60. The number of phenols is 1. The van der Waals surface area contributed by atoms with Gasteiger partial charge in [0, 0.05) is 22.4 Å². The highest BCUT2D eigenvalue weighted by molar-refractivity contribution is 6.01. The number of carbonyl (C=O) groups excluding carboxylic acids is 1. The summed E-state index contributed by atoms with van der Waals surface area (Å²) in [5.41, 5.74) is 3.17. The molecule has 29 heavy (non-hydrogen) atoms. The van der Waals surface area contributed by atoms with E-state index < -0.39 is 11.6 Å². The summed E-state index contributed by atoms with van der Waals surface area (Å²) in [6.07, 6.45) is 3.06. The summed E-state index contributed by atoms with van der Waals surface area (Å²) in [6.45, 7) is -0.0774. The van der Waals surface area contributed by atoms with Gasteiger partial charge in [0.1, 0.15) is 23.5 Å². The lowest BCUT2D eigenvalue weighted by atomic mass is 10.0. The number of carbonyl (C=O) groups is 1. The number of benzene rings is 3. The van der Waals surface area contributed by atoms with Crippen LogP contribution in [0.3, 0.4) is 0 Å². The maximum absolute atomic E-state index is 12.6. The second kappa shape index (κ2) is 6.78. The third-order valence-corrected chi connectivity index (χ3v) is 5.52. The van der Waals surface area contributed by atoms with Crippen LogP contribution >= 0.6 is 0 Å². The molecule has 0 radical (unpaired) electrons. The molecule has 0 spiro atoms. The van der Waals surface area contributed by atoms with E-state index in [1.54, 1.807) is 24.3 Å². The Morgan fingerprint density at radius 3 is 2.66 bits per heavy atom. The van der Waals surface area contributed by atoms with Crippen molar-refractivity contribution in [3.63, 3.8) is 0 Å². The van der Waals surface area contributed by atoms with Crippen LogP contribution in [0.5, 0.6) is 5.75 Å². The van der Waals surface area contributed by atoms with Gasteiger partial charge in [-0.05, 0) is 54.0 Å². The first-order valence-electron chi connectivity index (χ1n) is 9.56. The molecular weight excluding hydrogens is 368 g/mol. The van der Waals surface area contributed by atoms with Gasteiger partial charge in [-0.2, -0.15) is 0 Å². The zero-order valence-electron chi connectivity index (χ0n) is 15.6. The zero-order chi connectivity index (χ0) is 20.0. The molecular formula is C24H18O5. The summed E-state index contributed by atoms with van der Waals surface area (Å²) in [7, 11) is 0. The topological polar surface area (TPSA) is 76.7 Å². The summed E-state index contributed by atoms with van der Waals surface area (Å²) < 4.78 is 10.8. The van der Waals surface area contributed by atoms with Crippen molar-refractivity contribution in [2.45, 2.75) is 25.9 Å². The highest BCUT2D eigenvalue weighted by atomic mass is 16.5. The highest BCUT2D eigenvalue weighted by Gasteiger charge is 2.18. The third-order valence-electron chi connectivity index (χ3n) is 5.52. The molecule has 0 saturated heterocycles. The predicted octanol–water partition coefficient (Wildman–Crippen LogP) is 4.50. The van der Waals surface area contributed by atoms with Crippen LogP contribution < -0.4 is 5.63 Å². The van der Waals surface area contributed by atoms with E-state index in [2.05, 4.69) is 0 Å². The van der Waals surface area contributed by atoms with Crippen LogP contribution in [0.1, 0.15) is 33.5 Å². The SMILES string of the molecule is O=C(OCc1cc(=O)oc2cc3c(cc12)CCC3)c1ccc2ccccc2c1O. The smallest absolute Gasteiger partial charge is 0.342 e. The maximum atomic E-state index is 12.6. The lowest BCUT2D eigenvalue weighted by Crippen LogP contribution is -2.08. The minimum absolute atomic E-state index is 0.0774. The molecule has 0 fully saturated rings. The summed E-state index contributed by atoms with van der Waals surface area (Å²) in [6, 6.07) is 15.9. The Morgan fingerprint density at radius 1 is 1.00 bits per heavy atom. The normalized spacial score (nSPS) is 13.0. The molecule has 144 valence electrons. The Labute approximate surface area is 166 Å². The molecule has 1 heterocycles. The molecule has 5 rings (SSSR count). The van der Waals surface area contributed by atoms with E-state index in [1.807, 2.05) is 24.3 Å². The van der Waals surface area contributed by atoms with Crippen molar-refractivity contribution < 1.29 is 19.1 Å². The molecule has 5 heteroatoms. The van der Waals surface area contributed by atoms with Crippen molar-refractivity contribution in [1.82, 2.24) is 0 Å². The van der Waals surface area contributed by atoms with Crippen molar-refractivity contribution in [3.05, 3.63) is 87.3 Å². The van der Waals surface area contributed by atoms with Gasteiger partial charge < -0.3 is 14.3 Å². The van der Waals surface area contributed by atoms with E-state index in [4.69, 9.17) is 9.15 Å². The number of aryl methyl sites for hydroxylation is 2. The van der Waals surface area contributed by atoms with E-state index >= 15 is 0 Å². The maximum Gasteiger partial charge on any atom is 0.342 e. The number of rotatable bonds is 3. The van der Waals surface area contributed by atoms with Crippen LogP contribution in [-0.4, -0.2) is 11.1 Å². The fourth-order valence-electron chi connectivity index (χ4n) is 4.06. The number of esters is 1. The Kier molecular flexibility index (Phi) is 4.09. The molecule has 1 aromatic heterocycles. The van der Waals surface area contributed by atoms with Gasteiger partial charge in [-0.15, -0.1) is 0 Å². The van der Waals surface area contributed by atoms with Gasteiger partial charge in [0.25, 0.3) is 0 Å². The fourth-order valence-corrected chi connectivity index (χ4v) is 4.06. The van der Waals surface area contributed by atoms with Crippen LogP contribution in [0.15, 0.2) is 63.8 Å². The fraction of sp³-hybridized carbons (Fsp3) is 0.167. The molecule has 0 atom stereocenters.